The third kappa shape index (κ3) is 2.17. The summed E-state index contributed by atoms with van der Waals surface area (Å²) in [6.45, 7) is 1.19. The Hall–Kier alpha value is -0.930. The molecule has 0 amide bonds. The molecule has 0 unspecified atom stereocenters. The number of ether oxygens (including phenoxy) is 1. The SMILES string of the molecule is NCc1ncccc1COC12CC3CC(CC(C3)C1)C2. The molecule has 0 spiro atoms. The molecular weight excluding hydrogens is 248 g/mol. The van der Waals surface area contributed by atoms with Crippen molar-refractivity contribution in [3.05, 3.63) is 29.6 Å². The van der Waals surface area contributed by atoms with E-state index in [0.29, 0.717) is 13.2 Å². The first-order valence-corrected chi connectivity index (χ1v) is 8.03. The number of hydrogen-bond acceptors (Lipinski definition) is 3. The number of nitrogens with zero attached hydrogens (tertiary/aromatic N) is 1. The average molecular weight is 272 g/mol. The maximum atomic E-state index is 6.48. The maximum absolute atomic E-state index is 6.48. The third-order valence-corrected chi connectivity index (χ3v) is 5.69. The van der Waals surface area contributed by atoms with Crippen LogP contribution < -0.4 is 5.73 Å². The molecular formula is C17H24N2O. The molecule has 3 nitrogen and oxygen atoms in total. The first kappa shape index (κ1) is 12.8. The fourth-order valence-electron chi connectivity index (χ4n) is 5.23. The van der Waals surface area contributed by atoms with Crippen LogP contribution in [0, 0.1) is 17.8 Å². The van der Waals surface area contributed by atoms with Gasteiger partial charge in [0.2, 0.25) is 0 Å². The highest BCUT2D eigenvalue weighted by atomic mass is 16.5. The summed E-state index contributed by atoms with van der Waals surface area (Å²) in [7, 11) is 0. The summed E-state index contributed by atoms with van der Waals surface area (Å²) in [6.07, 6.45) is 10.1. The molecule has 20 heavy (non-hydrogen) atoms. The molecule has 1 heterocycles. The Morgan fingerprint density at radius 3 is 2.40 bits per heavy atom. The Kier molecular flexibility index (Phi) is 3.08. The third-order valence-electron chi connectivity index (χ3n) is 5.69. The van der Waals surface area contributed by atoms with Gasteiger partial charge in [0.1, 0.15) is 0 Å². The van der Waals surface area contributed by atoms with E-state index < -0.39 is 0 Å². The molecule has 1 aromatic heterocycles. The molecule has 4 saturated carbocycles. The second kappa shape index (κ2) is 4.81. The number of pyridine rings is 1. The van der Waals surface area contributed by atoms with Gasteiger partial charge in [-0.15, -0.1) is 0 Å². The van der Waals surface area contributed by atoms with Crippen LogP contribution in [0.4, 0.5) is 0 Å². The molecule has 5 rings (SSSR count). The molecule has 4 bridgehead atoms. The smallest absolute Gasteiger partial charge is 0.0742 e. The van der Waals surface area contributed by atoms with Gasteiger partial charge in [-0.2, -0.15) is 0 Å². The number of nitrogens with two attached hydrogens (primary N) is 1. The van der Waals surface area contributed by atoms with E-state index in [4.69, 9.17) is 10.5 Å². The van der Waals surface area contributed by atoms with Gasteiger partial charge in [0.05, 0.1) is 17.9 Å². The van der Waals surface area contributed by atoms with Crippen molar-refractivity contribution in [2.45, 2.75) is 57.3 Å². The van der Waals surface area contributed by atoms with Crippen molar-refractivity contribution >= 4 is 0 Å². The van der Waals surface area contributed by atoms with E-state index in [1.54, 1.807) is 0 Å². The van der Waals surface area contributed by atoms with Gasteiger partial charge in [-0.3, -0.25) is 4.98 Å². The topological polar surface area (TPSA) is 48.1 Å². The van der Waals surface area contributed by atoms with Gasteiger partial charge in [-0.05, 0) is 62.3 Å². The lowest BCUT2D eigenvalue weighted by atomic mass is 9.54. The average Bonchev–Trinajstić information content (AvgIpc) is 2.44. The van der Waals surface area contributed by atoms with E-state index in [1.807, 2.05) is 12.3 Å². The Labute approximate surface area is 120 Å². The first-order valence-electron chi connectivity index (χ1n) is 8.03. The van der Waals surface area contributed by atoms with Gasteiger partial charge in [0.15, 0.2) is 0 Å². The van der Waals surface area contributed by atoms with Crippen molar-refractivity contribution in [3.8, 4) is 0 Å². The molecule has 108 valence electrons. The highest BCUT2D eigenvalue weighted by Crippen LogP contribution is 2.57. The van der Waals surface area contributed by atoms with Crippen LogP contribution in [-0.2, 0) is 17.9 Å². The summed E-state index contributed by atoms with van der Waals surface area (Å²) in [5.41, 5.74) is 8.10. The van der Waals surface area contributed by atoms with Gasteiger partial charge in [-0.1, -0.05) is 6.07 Å². The zero-order valence-corrected chi connectivity index (χ0v) is 12.1. The second-order valence-electron chi connectivity index (χ2n) is 7.20. The van der Waals surface area contributed by atoms with Crippen molar-refractivity contribution in [3.63, 3.8) is 0 Å². The molecule has 4 aliphatic carbocycles. The summed E-state index contributed by atoms with van der Waals surface area (Å²) in [4.78, 5) is 4.36. The van der Waals surface area contributed by atoms with Crippen LogP contribution >= 0.6 is 0 Å². The van der Waals surface area contributed by atoms with E-state index in [9.17, 15) is 0 Å². The Bertz CT molecular complexity index is 464. The number of aromatic nitrogens is 1. The van der Waals surface area contributed by atoms with Crippen LogP contribution in [0.25, 0.3) is 0 Å². The zero-order valence-electron chi connectivity index (χ0n) is 12.1. The van der Waals surface area contributed by atoms with Crippen LogP contribution in [0.2, 0.25) is 0 Å². The molecule has 1 aromatic rings. The summed E-state index contributed by atoms with van der Waals surface area (Å²) in [5.74, 6) is 2.80. The molecule has 4 fully saturated rings. The van der Waals surface area contributed by atoms with Crippen LogP contribution in [0.5, 0.6) is 0 Å². The van der Waals surface area contributed by atoms with Crippen molar-refractivity contribution in [2.75, 3.05) is 0 Å². The normalized spacial score (nSPS) is 38.4. The maximum Gasteiger partial charge on any atom is 0.0742 e. The zero-order chi connectivity index (χ0) is 13.6. The van der Waals surface area contributed by atoms with Crippen molar-refractivity contribution < 1.29 is 4.74 Å². The van der Waals surface area contributed by atoms with Crippen LogP contribution in [0.15, 0.2) is 18.3 Å². The number of rotatable bonds is 4. The van der Waals surface area contributed by atoms with E-state index in [2.05, 4.69) is 11.1 Å². The lowest BCUT2D eigenvalue weighted by Crippen LogP contribution is -2.51. The van der Waals surface area contributed by atoms with E-state index >= 15 is 0 Å². The minimum Gasteiger partial charge on any atom is -0.370 e. The summed E-state index contributed by atoms with van der Waals surface area (Å²) in [5, 5.41) is 0. The predicted octanol–water partition coefficient (Wildman–Crippen LogP) is 3.03. The van der Waals surface area contributed by atoms with Crippen LogP contribution in [0.3, 0.4) is 0 Å². The fraction of sp³-hybridized carbons (Fsp3) is 0.706. The van der Waals surface area contributed by atoms with Crippen LogP contribution in [0.1, 0.15) is 49.8 Å². The molecule has 0 radical (unpaired) electrons. The fourth-order valence-corrected chi connectivity index (χ4v) is 5.23. The molecule has 4 aliphatic rings. The van der Waals surface area contributed by atoms with E-state index in [0.717, 1.165) is 23.4 Å². The van der Waals surface area contributed by atoms with Gasteiger partial charge >= 0.3 is 0 Å². The lowest BCUT2D eigenvalue weighted by molar-refractivity contribution is -0.168. The Morgan fingerprint density at radius 1 is 1.15 bits per heavy atom. The minimum absolute atomic E-state index is 0.177. The van der Waals surface area contributed by atoms with Gasteiger partial charge in [0, 0.05) is 18.3 Å². The summed E-state index contributed by atoms with van der Waals surface area (Å²) < 4.78 is 6.48. The standard InChI is InChI=1S/C17H24N2O/c18-10-16-15(2-1-3-19-16)11-20-17-7-12-4-13(8-17)6-14(5-12)9-17/h1-3,12-14H,4-11,18H2. The molecule has 0 atom stereocenters. The highest BCUT2D eigenvalue weighted by molar-refractivity contribution is 5.19. The molecule has 3 heteroatoms. The van der Waals surface area contributed by atoms with Crippen molar-refractivity contribution in [1.29, 1.82) is 0 Å². The summed E-state index contributed by atoms with van der Waals surface area (Å²) in [6, 6.07) is 4.09. The molecule has 0 aliphatic heterocycles. The minimum atomic E-state index is 0.177. The quantitative estimate of drug-likeness (QED) is 0.916. The Balaban J connectivity index is 1.49. The van der Waals surface area contributed by atoms with Gasteiger partial charge < -0.3 is 10.5 Å². The summed E-state index contributed by atoms with van der Waals surface area (Å²) >= 11 is 0. The monoisotopic (exact) mass is 272 g/mol. The van der Waals surface area contributed by atoms with Crippen molar-refractivity contribution in [1.82, 2.24) is 4.98 Å². The van der Waals surface area contributed by atoms with Gasteiger partial charge in [0.25, 0.3) is 0 Å². The number of hydrogen-bond donors (Lipinski definition) is 1. The first-order chi connectivity index (χ1) is 9.76. The largest absolute Gasteiger partial charge is 0.370 e. The van der Waals surface area contributed by atoms with Gasteiger partial charge in [-0.25, -0.2) is 0 Å². The molecule has 2 N–H and O–H groups in total. The van der Waals surface area contributed by atoms with E-state index in [1.165, 1.54) is 44.1 Å². The van der Waals surface area contributed by atoms with E-state index in [-0.39, 0.29) is 5.60 Å². The second-order valence-corrected chi connectivity index (χ2v) is 7.20. The lowest BCUT2D eigenvalue weighted by Gasteiger charge is -2.56. The predicted molar refractivity (Wildman–Crippen MR) is 77.8 cm³/mol. The Morgan fingerprint density at radius 2 is 1.80 bits per heavy atom. The molecule has 0 saturated heterocycles. The highest BCUT2D eigenvalue weighted by Gasteiger charge is 2.51. The molecule has 0 aromatic carbocycles. The van der Waals surface area contributed by atoms with Crippen LogP contribution in [-0.4, -0.2) is 10.6 Å². The van der Waals surface area contributed by atoms with Crippen molar-refractivity contribution in [2.24, 2.45) is 23.5 Å².